The van der Waals surface area contributed by atoms with Crippen molar-refractivity contribution in [2.45, 2.75) is 39.2 Å². The number of methoxy groups -OCH3 is 1. The SMILES string of the molecule is COC(=O)c1cccc(NC(=S)N[C@@H](C)c2ccc(C(C)(C)C)cc2)c1. The molecule has 138 valence electrons. The maximum absolute atomic E-state index is 11.6. The van der Waals surface area contributed by atoms with Gasteiger partial charge in [0.1, 0.15) is 0 Å². The van der Waals surface area contributed by atoms with Crippen LogP contribution >= 0.6 is 12.2 Å². The van der Waals surface area contributed by atoms with E-state index in [9.17, 15) is 4.79 Å². The fraction of sp³-hybridized carbons (Fsp3) is 0.333. The molecule has 0 aliphatic heterocycles. The van der Waals surface area contributed by atoms with Crippen LogP contribution < -0.4 is 10.6 Å². The third kappa shape index (κ3) is 5.30. The van der Waals surface area contributed by atoms with Gasteiger partial charge in [0.25, 0.3) is 0 Å². The van der Waals surface area contributed by atoms with Gasteiger partial charge in [-0.2, -0.15) is 0 Å². The average Bonchev–Trinajstić information content (AvgIpc) is 2.60. The molecule has 4 nitrogen and oxygen atoms in total. The topological polar surface area (TPSA) is 50.4 Å². The van der Waals surface area contributed by atoms with E-state index in [-0.39, 0.29) is 17.4 Å². The van der Waals surface area contributed by atoms with E-state index in [0.29, 0.717) is 10.7 Å². The Labute approximate surface area is 161 Å². The fourth-order valence-electron chi connectivity index (χ4n) is 2.56. The minimum Gasteiger partial charge on any atom is -0.465 e. The van der Waals surface area contributed by atoms with Crippen molar-refractivity contribution in [2.75, 3.05) is 12.4 Å². The van der Waals surface area contributed by atoms with Crippen LogP contribution in [0.1, 0.15) is 55.2 Å². The Bertz CT molecular complexity index is 779. The van der Waals surface area contributed by atoms with E-state index in [1.165, 1.54) is 12.7 Å². The minimum atomic E-state index is -0.375. The molecule has 0 fully saturated rings. The Kier molecular flexibility index (Phi) is 6.37. The van der Waals surface area contributed by atoms with E-state index >= 15 is 0 Å². The summed E-state index contributed by atoms with van der Waals surface area (Å²) in [6.07, 6.45) is 0. The molecule has 0 heterocycles. The van der Waals surface area contributed by atoms with Gasteiger partial charge in [0.05, 0.1) is 18.7 Å². The summed E-state index contributed by atoms with van der Waals surface area (Å²) in [4.78, 5) is 11.6. The van der Waals surface area contributed by atoms with Crippen molar-refractivity contribution < 1.29 is 9.53 Å². The molecule has 0 aliphatic rings. The molecular formula is C21H26N2O2S. The average molecular weight is 371 g/mol. The Balaban J connectivity index is 2.00. The van der Waals surface area contributed by atoms with Crippen LogP contribution in [-0.4, -0.2) is 18.2 Å². The number of esters is 1. The summed E-state index contributed by atoms with van der Waals surface area (Å²) in [7, 11) is 1.36. The summed E-state index contributed by atoms with van der Waals surface area (Å²) in [6.45, 7) is 8.66. The molecule has 1 atom stereocenters. The van der Waals surface area contributed by atoms with Crippen molar-refractivity contribution in [3.8, 4) is 0 Å². The molecule has 0 amide bonds. The molecule has 2 aromatic carbocycles. The Morgan fingerprint density at radius 2 is 1.77 bits per heavy atom. The zero-order valence-electron chi connectivity index (χ0n) is 15.9. The van der Waals surface area contributed by atoms with E-state index in [2.05, 4.69) is 62.6 Å². The number of thiocarbonyl (C=S) groups is 1. The van der Waals surface area contributed by atoms with E-state index in [4.69, 9.17) is 17.0 Å². The number of anilines is 1. The van der Waals surface area contributed by atoms with E-state index < -0.39 is 0 Å². The molecule has 0 spiro atoms. The molecule has 0 saturated heterocycles. The van der Waals surface area contributed by atoms with Crippen molar-refractivity contribution in [3.05, 3.63) is 65.2 Å². The monoisotopic (exact) mass is 370 g/mol. The van der Waals surface area contributed by atoms with Gasteiger partial charge in [0, 0.05) is 5.69 Å². The first-order valence-corrected chi connectivity index (χ1v) is 8.98. The zero-order chi connectivity index (χ0) is 19.3. The lowest BCUT2D eigenvalue weighted by Crippen LogP contribution is -2.31. The largest absolute Gasteiger partial charge is 0.465 e. The minimum absolute atomic E-state index is 0.0628. The molecular weight excluding hydrogens is 344 g/mol. The maximum Gasteiger partial charge on any atom is 0.337 e. The molecule has 2 N–H and O–H groups in total. The second-order valence-electron chi connectivity index (χ2n) is 7.26. The van der Waals surface area contributed by atoms with Gasteiger partial charge in [-0.3, -0.25) is 0 Å². The van der Waals surface area contributed by atoms with E-state index in [0.717, 1.165) is 11.3 Å². The van der Waals surface area contributed by atoms with Crippen molar-refractivity contribution >= 4 is 29.0 Å². The normalized spacial score (nSPS) is 12.2. The molecule has 0 saturated carbocycles. The molecule has 0 aliphatic carbocycles. The predicted octanol–water partition coefficient (Wildman–Crippen LogP) is 4.82. The van der Waals surface area contributed by atoms with Gasteiger partial charge >= 0.3 is 5.97 Å². The van der Waals surface area contributed by atoms with Crippen LogP contribution in [-0.2, 0) is 10.2 Å². The van der Waals surface area contributed by atoms with E-state index in [1.807, 2.05) is 6.07 Å². The highest BCUT2D eigenvalue weighted by Gasteiger charge is 2.14. The lowest BCUT2D eigenvalue weighted by Gasteiger charge is -2.21. The summed E-state index contributed by atoms with van der Waals surface area (Å²) < 4.78 is 4.74. The number of benzene rings is 2. The zero-order valence-corrected chi connectivity index (χ0v) is 16.7. The second-order valence-corrected chi connectivity index (χ2v) is 7.67. The summed E-state index contributed by atoms with van der Waals surface area (Å²) in [5, 5.41) is 6.88. The number of hydrogen-bond donors (Lipinski definition) is 2. The molecule has 2 rings (SSSR count). The highest BCUT2D eigenvalue weighted by molar-refractivity contribution is 7.80. The number of nitrogens with one attached hydrogen (secondary N) is 2. The quantitative estimate of drug-likeness (QED) is 0.597. The Morgan fingerprint density at radius 3 is 2.35 bits per heavy atom. The van der Waals surface area contributed by atoms with Crippen LogP contribution in [0, 0.1) is 0 Å². The van der Waals surface area contributed by atoms with Gasteiger partial charge in [0.15, 0.2) is 5.11 Å². The first kappa shape index (κ1) is 19.9. The number of rotatable bonds is 4. The summed E-state index contributed by atoms with van der Waals surface area (Å²) in [5.41, 5.74) is 3.81. The summed E-state index contributed by atoms with van der Waals surface area (Å²) in [6, 6.07) is 15.7. The number of ether oxygens (including phenoxy) is 1. The standard InChI is InChI=1S/C21H26N2O2S/c1-14(15-9-11-17(12-10-15)21(2,3)4)22-20(26)23-18-8-6-7-16(13-18)19(24)25-5/h6-14H,1-5H3,(H2,22,23,26)/t14-/m0/s1. The van der Waals surface area contributed by atoms with Gasteiger partial charge in [0.2, 0.25) is 0 Å². The summed E-state index contributed by atoms with van der Waals surface area (Å²) >= 11 is 5.40. The van der Waals surface area contributed by atoms with Crippen LogP contribution in [0.2, 0.25) is 0 Å². The van der Waals surface area contributed by atoms with Gasteiger partial charge in [-0.25, -0.2) is 4.79 Å². The van der Waals surface area contributed by atoms with Crippen molar-refractivity contribution in [1.82, 2.24) is 5.32 Å². The Morgan fingerprint density at radius 1 is 1.12 bits per heavy atom. The predicted molar refractivity (Wildman–Crippen MR) is 111 cm³/mol. The molecule has 0 radical (unpaired) electrons. The molecule has 2 aromatic rings. The highest BCUT2D eigenvalue weighted by Crippen LogP contribution is 2.24. The third-order valence-corrected chi connectivity index (χ3v) is 4.39. The first-order chi connectivity index (χ1) is 12.2. The van der Waals surface area contributed by atoms with Crippen molar-refractivity contribution in [3.63, 3.8) is 0 Å². The van der Waals surface area contributed by atoms with Gasteiger partial charge in [-0.1, -0.05) is 51.1 Å². The van der Waals surface area contributed by atoms with Crippen LogP contribution in [0.5, 0.6) is 0 Å². The smallest absolute Gasteiger partial charge is 0.337 e. The van der Waals surface area contributed by atoms with Crippen molar-refractivity contribution in [1.29, 1.82) is 0 Å². The number of hydrogen-bond acceptors (Lipinski definition) is 3. The number of carbonyl (C=O) groups is 1. The van der Waals surface area contributed by atoms with Crippen LogP contribution in [0.15, 0.2) is 48.5 Å². The summed E-state index contributed by atoms with van der Waals surface area (Å²) in [5.74, 6) is -0.375. The van der Waals surface area contributed by atoms with Crippen molar-refractivity contribution in [2.24, 2.45) is 0 Å². The molecule has 0 bridgehead atoms. The number of carbonyl (C=O) groups excluding carboxylic acids is 1. The molecule has 26 heavy (non-hydrogen) atoms. The maximum atomic E-state index is 11.6. The fourth-order valence-corrected chi connectivity index (χ4v) is 2.86. The Hall–Kier alpha value is -2.40. The highest BCUT2D eigenvalue weighted by atomic mass is 32.1. The third-order valence-electron chi connectivity index (χ3n) is 4.17. The van der Waals surface area contributed by atoms with Gasteiger partial charge in [-0.05, 0) is 53.9 Å². The molecule has 0 aromatic heterocycles. The van der Waals surface area contributed by atoms with Gasteiger partial charge < -0.3 is 15.4 Å². The molecule has 5 heteroatoms. The van der Waals surface area contributed by atoms with E-state index in [1.54, 1.807) is 18.2 Å². The molecule has 0 unspecified atom stereocenters. The van der Waals surface area contributed by atoms with Gasteiger partial charge in [-0.15, -0.1) is 0 Å². The van der Waals surface area contributed by atoms with Crippen LogP contribution in [0.4, 0.5) is 5.69 Å². The van der Waals surface area contributed by atoms with Crippen LogP contribution in [0.3, 0.4) is 0 Å². The van der Waals surface area contributed by atoms with Crippen LogP contribution in [0.25, 0.3) is 0 Å². The first-order valence-electron chi connectivity index (χ1n) is 8.57. The lowest BCUT2D eigenvalue weighted by atomic mass is 9.86. The second kappa shape index (κ2) is 8.32. The lowest BCUT2D eigenvalue weighted by molar-refractivity contribution is 0.0601.